The zero-order chi connectivity index (χ0) is 20.9. The number of benzene rings is 1. The van der Waals surface area contributed by atoms with Crippen molar-refractivity contribution in [1.82, 2.24) is 9.78 Å². The molecule has 0 aliphatic heterocycles. The summed E-state index contributed by atoms with van der Waals surface area (Å²) in [5.41, 5.74) is 1.15. The van der Waals surface area contributed by atoms with Gasteiger partial charge in [-0.05, 0) is 74.5 Å². The molecule has 2 aromatic rings. The number of nitrogens with one attached hydrogen (secondary N) is 1. The topological polar surface area (TPSA) is 65.4 Å². The maximum absolute atomic E-state index is 13.2. The summed E-state index contributed by atoms with van der Waals surface area (Å²) in [6, 6.07) is 5.62. The Hall–Kier alpha value is -2.21. The average molecular weight is 430 g/mol. The van der Waals surface area contributed by atoms with E-state index < -0.39 is 0 Å². The molecule has 0 unspecified atom stereocenters. The fourth-order valence-corrected chi connectivity index (χ4v) is 6.62. The van der Waals surface area contributed by atoms with Gasteiger partial charge < -0.3 is 14.8 Å². The summed E-state index contributed by atoms with van der Waals surface area (Å²) < 4.78 is 12.5. The van der Waals surface area contributed by atoms with E-state index in [4.69, 9.17) is 21.1 Å². The van der Waals surface area contributed by atoms with Gasteiger partial charge in [0, 0.05) is 12.1 Å². The number of halogens is 1. The van der Waals surface area contributed by atoms with Crippen LogP contribution in [0.3, 0.4) is 0 Å². The van der Waals surface area contributed by atoms with Crippen molar-refractivity contribution in [3.8, 4) is 11.5 Å². The molecule has 6 nitrogen and oxygen atoms in total. The second-order valence-electron chi connectivity index (χ2n) is 9.26. The summed E-state index contributed by atoms with van der Waals surface area (Å²) in [5.74, 6) is 3.70. The molecule has 160 valence electrons. The fraction of sp³-hybridized carbons (Fsp3) is 0.565. The molecule has 30 heavy (non-hydrogen) atoms. The van der Waals surface area contributed by atoms with Crippen molar-refractivity contribution in [3.05, 3.63) is 45.3 Å². The SMILES string of the molecule is COc1ccc(OC)c(CNc2cnn(C34CC5CC(CC(C5)C3)C4)c(=O)c2Cl)c1. The van der Waals surface area contributed by atoms with Crippen molar-refractivity contribution < 1.29 is 9.47 Å². The number of methoxy groups -OCH3 is 2. The van der Waals surface area contributed by atoms with Gasteiger partial charge in [-0.2, -0.15) is 5.10 Å². The van der Waals surface area contributed by atoms with Gasteiger partial charge in [-0.3, -0.25) is 4.79 Å². The molecule has 1 heterocycles. The number of aromatic nitrogens is 2. The van der Waals surface area contributed by atoms with E-state index >= 15 is 0 Å². The van der Waals surface area contributed by atoms with Crippen molar-refractivity contribution in [1.29, 1.82) is 0 Å². The Morgan fingerprint density at radius 2 is 1.80 bits per heavy atom. The summed E-state index contributed by atoms with van der Waals surface area (Å²) in [7, 11) is 3.26. The normalized spacial score (nSPS) is 29.1. The van der Waals surface area contributed by atoms with E-state index in [1.807, 2.05) is 18.2 Å². The summed E-state index contributed by atoms with van der Waals surface area (Å²) >= 11 is 6.55. The Morgan fingerprint density at radius 1 is 1.13 bits per heavy atom. The van der Waals surface area contributed by atoms with Gasteiger partial charge in [0.25, 0.3) is 5.56 Å². The van der Waals surface area contributed by atoms with Crippen LogP contribution in [0.2, 0.25) is 5.02 Å². The minimum atomic E-state index is -0.179. The molecule has 4 saturated carbocycles. The lowest BCUT2D eigenvalue weighted by atomic mass is 9.53. The Morgan fingerprint density at radius 3 is 2.40 bits per heavy atom. The first-order chi connectivity index (χ1) is 14.5. The second kappa shape index (κ2) is 7.49. The maximum atomic E-state index is 13.2. The predicted molar refractivity (Wildman–Crippen MR) is 117 cm³/mol. The molecule has 0 atom stereocenters. The van der Waals surface area contributed by atoms with E-state index in [1.165, 1.54) is 19.3 Å². The second-order valence-corrected chi connectivity index (χ2v) is 9.64. The molecule has 1 aromatic carbocycles. The quantitative estimate of drug-likeness (QED) is 0.734. The van der Waals surface area contributed by atoms with Crippen LogP contribution in [0, 0.1) is 17.8 Å². The zero-order valence-electron chi connectivity index (χ0n) is 17.5. The molecule has 7 heteroatoms. The standard InChI is InChI=1S/C23H28ClN3O3/c1-29-18-3-4-20(30-2)17(8-18)12-25-19-13-26-27(22(28)21(19)24)23-9-14-5-15(10-23)7-16(6-14)11-23/h3-4,8,13-16,25H,5-7,9-12H2,1-2H3. The van der Waals surface area contributed by atoms with Crippen LogP contribution >= 0.6 is 11.6 Å². The Bertz CT molecular complexity index is 984. The van der Waals surface area contributed by atoms with E-state index in [0.29, 0.717) is 12.2 Å². The molecule has 0 radical (unpaired) electrons. The minimum absolute atomic E-state index is 0.135. The van der Waals surface area contributed by atoms with Crippen molar-refractivity contribution in [2.24, 2.45) is 17.8 Å². The Labute approximate surface area is 181 Å². The molecular weight excluding hydrogens is 402 g/mol. The van der Waals surface area contributed by atoms with Gasteiger partial charge in [0.2, 0.25) is 0 Å². The third-order valence-electron chi connectivity index (χ3n) is 7.33. The minimum Gasteiger partial charge on any atom is -0.497 e. The summed E-state index contributed by atoms with van der Waals surface area (Å²) in [6.07, 6.45) is 8.87. The van der Waals surface area contributed by atoms with E-state index in [2.05, 4.69) is 10.4 Å². The van der Waals surface area contributed by atoms with Crippen LogP contribution in [0.5, 0.6) is 11.5 Å². The first kappa shape index (κ1) is 19.7. The molecule has 4 aliphatic carbocycles. The van der Waals surface area contributed by atoms with E-state index in [1.54, 1.807) is 25.1 Å². The highest BCUT2D eigenvalue weighted by atomic mass is 35.5. The molecule has 0 amide bonds. The van der Waals surface area contributed by atoms with Crippen LogP contribution in [0.15, 0.2) is 29.2 Å². The van der Waals surface area contributed by atoms with Crippen LogP contribution in [-0.4, -0.2) is 24.0 Å². The van der Waals surface area contributed by atoms with Crippen LogP contribution < -0.4 is 20.3 Å². The van der Waals surface area contributed by atoms with Crippen molar-refractivity contribution >= 4 is 17.3 Å². The van der Waals surface area contributed by atoms with Crippen LogP contribution in [-0.2, 0) is 12.1 Å². The number of ether oxygens (including phenoxy) is 2. The van der Waals surface area contributed by atoms with Crippen LogP contribution in [0.1, 0.15) is 44.1 Å². The largest absolute Gasteiger partial charge is 0.497 e. The van der Waals surface area contributed by atoms with Crippen molar-refractivity contribution in [2.75, 3.05) is 19.5 Å². The van der Waals surface area contributed by atoms with Gasteiger partial charge in [0.1, 0.15) is 16.5 Å². The van der Waals surface area contributed by atoms with Crippen LogP contribution in [0.4, 0.5) is 5.69 Å². The summed E-state index contributed by atoms with van der Waals surface area (Å²) in [4.78, 5) is 13.2. The monoisotopic (exact) mass is 429 g/mol. The third kappa shape index (κ3) is 3.25. The average Bonchev–Trinajstić information content (AvgIpc) is 2.73. The lowest BCUT2D eigenvalue weighted by Gasteiger charge is -2.56. The lowest BCUT2D eigenvalue weighted by Crippen LogP contribution is -2.55. The first-order valence-corrected chi connectivity index (χ1v) is 11.1. The van der Waals surface area contributed by atoms with Gasteiger partial charge >= 0.3 is 0 Å². The number of hydrogen-bond acceptors (Lipinski definition) is 5. The molecular formula is C23H28ClN3O3. The highest BCUT2D eigenvalue weighted by Crippen LogP contribution is 2.58. The number of anilines is 1. The molecule has 0 saturated heterocycles. The van der Waals surface area contributed by atoms with Crippen molar-refractivity contribution in [3.63, 3.8) is 0 Å². The molecule has 4 aliphatic rings. The maximum Gasteiger partial charge on any atom is 0.288 e. The molecule has 1 N–H and O–H groups in total. The van der Waals surface area contributed by atoms with E-state index in [0.717, 1.165) is 54.1 Å². The molecule has 1 aromatic heterocycles. The molecule has 0 spiro atoms. The Kier molecular flexibility index (Phi) is 4.92. The zero-order valence-corrected chi connectivity index (χ0v) is 18.2. The number of nitrogens with zero attached hydrogens (tertiary/aromatic N) is 2. The van der Waals surface area contributed by atoms with Crippen LogP contribution in [0.25, 0.3) is 0 Å². The van der Waals surface area contributed by atoms with Gasteiger partial charge in [-0.15, -0.1) is 0 Å². The highest BCUT2D eigenvalue weighted by Gasteiger charge is 2.53. The first-order valence-electron chi connectivity index (χ1n) is 10.7. The number of rotatable bonds is 6. The van der Waals surface area contributed by atoms with Gasteiger partial charge in [-0.25, -0.2) is 4.68 Å². The lowest BCUT2D eigenvalue weighted by molar-refractivity contribution is -0.0518. The fourth-order valence-electron chi connectivity index (χ4n) is 6.43. The van der Waals surface area contributed by atoms with Gasteiger partial charge in [0.05, 0.1) is 31.6 Å². The molecule has 4 fully saturated rings. The summed E-state index contributed by atoms with van der Waals surface area (Å²) in [5, 5.41) is 8.08. The van der Waals surface area contributed by atoms with Crippen molar-refractivity contribution in [2.45, 2.75) is 50.6 Å². The smallest absolute Gasteiger partial charge is 0.288 e. The molecule has 4 bridgehead atoms. The predicted octanol–water partition coefficient (Wildman–Crippen LogP) is 4.45. The van der Waals surface area contributed by atoms with Gasteiger partial charge in [0.15, 0.2) is 0 Å². The Balaban J connectivity index is 1.40. The van der Waals surface area contributed by atoms with E-state index in [-0.39, 0.29) is 16.1 Å². The van der Waals surface area contributed by atoms with E-state index in [9.17, 15) is 4.79 Å². The highest BCUT2D eigenvalue weighted by molar-refractivity contribution is 6.32. The van der Waals surface area contributed by atoms with Gasteiger partial charge in [-0.1, -0.05) is 11.6 Å². The number of hydrogen-bond donors (Lipinski definition) is 1. The third-order valence-corrected chi connectivity index (χ3v) is 7.70. The molecule has 6 rings (SSSR count). The summed E-state index contributed by atoms with van der Waals surface area (Å²) in [6.45, 7) is 0.447.